The topological polar surface area (TPSA) is 88.5 Å². The highest BCUT2D eigenvalue weighted by Crippen LogP contribution is 2.36. The number of nitrogens with two attached hydrogens (primary N) is 1. The van der Waals surface area contributed by atoms with Crippen molar-refractivity contribution in [3.8, 4) is 11.3 Å². The van der Waals surface area contributed by atoms with Gasteiger partial charge < -0.3 is 16.0 Å². The van der Waals surface area contributed by atoms with Gasteiger partial charge in [-0.25, -0.2) is 9.37 Å². The molecule has 1 aliphatic rings. The van der Waals surface area contributed by atoms with Crippen molar-refractivity contribution in [1.82, 2.24) is 19.5 Å². The Morgan fingerprint density at radius 1 is 1.07 bits per heavy atom. The number of aryl methyl sites for hydroxylation is 1. The van der Waals surface area contributed by atoms with E-state index in [1.807, 2.05) is 42.2 Å². The van der Waals surface area contributed by atoms with Crippen LogP contribution in [0.3, 0.4) is 0 Å². The lowest BCUT2D eigenvalue weighted by molar-refractivity contribution is 0.0713. The highest BCUT2D eigenvalue weighted by molar-refractivity contribution is 9.10. The third-order valence-corrected chi connectivity index (χ3v) is 8.47. The molecule has 208 valence electrons. The summed E-state index contributed by atoms with van der Waals surface area (Å²) in [7, 11) is 0. The van der Waals surface area contributed by atoms with Gasteiger partial charge in [0.1, 0.15) is 22.9 Å². The van der Waals surface area contributed by atoms with Crippen molar-refractivity contribution in [3.05, 3.63) is 112 Å². The number of anilines is 2. The van der Waals surface area contributed by atoms with Crippen LogP contribution in [-0.4, -0.2) is 38.5 Å². The third-order valence-electron chi connectivity index (χ3n) is 7.74. The van der Waals surface area contributed by atoms with Gasteiger partial charge in [-0.1, -0.05) is 60.7 Å². The lowest BCUT2D eigenvalue weighted by Crippen LogP contribution is -2.38. The molecule has 7 nitrogen and oxygen atoms in total. The molecule has 1 fully saturated rings. The number of halogens is 2. The number of carbonyl (C=O) groups is 1. The predicted molar refractivity (Wildman–Crippen MR) is 163 cm³/mol. The average molecular weight is 614 g/mol. The van der Waals surface area contributed by atoms with E-state index in [0.717, 1.165) is 29.5 Å². The molecule has 0 saturated carbocycles. The quantitative estimate of drug-likeness (QED) is 0.219. The van der Waals surface area contributed by atoms with E-state index in [2.05, 4.69) is 50.5 Å². The van der Waals surface area contributed by atoms with Crippen LogP contribution in [-0.2, 0) is 6.54 Å². The van der Waals surface area contributed by atoms with E-state index in [-0.39, 0.29) is 11.6 Å². The number of rotatable bonds is 6. The number of carbonyl (C=O) groups excluding carboxylic acids is 1. The molecule has 2 aromatic heterocycles. The van der Waals surface area contributed by atoms with Crippen molar-refractivity contribution in [1.29, 1.82) is 0 Å². The number of hydrogen-bond donors (Lipinski definition) is 2. The van der Waals surface area contributed by atoms with E-state index >= 15 is 0 Å². The fourth-order valence-electron chi connectivity index (χ4n) is 5.51. The molecule has 0 unspecified atom stereocenters. The molecule has 3 aromatic carbocycles. The predicted octanol–water partition coefficient (Wildman–Crippen LogP) is 6.83. The molecule has 1 aliphatic heterocycles. The summed E-state index contributed by atoms with van der Waals surface area (Å²) in [6, 6.07) is 23.0. The molecular weight excluding hydrogens is 583 g/mol. The minimum Gasteiger partial charge on any atom is -0.338 e. The number of fused-ring (bicyclic) bond motifs is 1. The SMILES string of the molecule is Cc1ccc(F)c(Nc2c(C(=O)N3CCC(c4ccccc4)CC3)cnc3c(Br)c(-c4ccccc4CN)nn23)c1. The minimum atomic E-state index is -0.428. The number of benzene rings is 3. The highest BCUT2D eigenvalue weighted by Gasteiger charge is 2.29. The van der Waals surface area contributed by atoms with Crippen molar-refractivity contribution in [3.63, 3.8) is 0 Å². The Bertz CT molecular complexity index is 1730. The van der Waals surface area contributed by atoms with Gasteiger partial charge in [0.2, 0.25) is 0 Å². The first kappa shape index (κ1) is 27.1. The first-order valence-electron chi connectivity index (χ1n) is 13.7. The summed E-state index contributed by atoms with van der Waals surface area (Å²) in [6.07, 6.45) is 3.30. The second-order valence-corrected chi connectivity index (χ2v) is 11.2. The fraction of sp³-hybridized carbons (Fsp3) is 0.219. The molecule has 0 radical (unpaired) electrons. The number of likely N-dealkylation sites (tertiary alicyclic amines) is 1. The number of piperidine rings is 1. The van der Waals surface area contributed by atoms with E-state index in [1.54, 1.807) is 22.8 Å². The van der Waals surface area contributed by atoms with Gasteiger partial charge in [-0.2, -0.15) is 9.61 Å². The van der Waals surface area contributed by atoms with Crippen LogP contribution in [0.2, 0.25) is 0 Å². The summed E-state index contributed by atoms with van der Waals surface area (Å²) < 4.78 is 17.2. The monoisotopic (exact) mass is 612 g/mol. The van der Waals surface area contributed by atoms with Crippen LogP contribution in [0.5, 0.6) is 0 Å². The summed E-state index contributed by atoms with van der Waals surface area (Å²) in [5.41, 5.74) is 11.7. The van der Waals surface area contributed by atoms with Gasteiger partial charge in [0, 0.05) is 31.4 Å². The van der Waals surface area contributed by atoms with Gasteiger partial charge in [0.25, 0.3) is 5.91 Å². The summed E-state index contributed by atoms with van der Waals surface area (Å²) >= 11 is 3.68. The second-order valence-electron chi connectivity index (χ2n) is 10.4. The number of amides is 1. The van der Waals surface area contributed by atoms with Crippen LogP contribution in [0.15, 0.2) is 83.5 Å². The smallest absolute Gasteiger partial charge is 0.259 e. The molecule has 0 spiro atoms. The lowest BCUT2D eigenvalue weighted by atomic mass is 9.89. The van der Waals surface area contributed by atoms with Gasteiger partial charge in [-0.3, -0.25) is 4.79 Å². The molecule has 6 rings (SSSR count). The largest absolute Gasteiger partial charge is 0.338 e. The number of nitrogens with zero attached hydrogens (tertiary/aromatic N) is 4. The zero-order chi connectivity index (χ0) is 28.5. The Hall–Kier alpha value is -4.08. The van der Waals surface area contributed by atoms with Crippen LogP contribution in [0.4, 0.5) is 15.9 Å². The van der Waals surface area contributed by atoms with E-state index in [4.69, 9.17) is 10.8 Å². The van der Waals surface area contributed by atoms with Crippen LogP contribution in [0, 0.1) is 12.7 Å². The maximum atomic E-state index is 15.0. The molecule has 0 bridgehead atoms. The van der Waals surface area contributed by atoms with Crippen molar-refractivity contribution >= 4 is 39.0 Å². The Morgan fingerprint density at radius 3 is 2.56 bits per heavy atom. The van der Waals surface area contributed by atoms with Crippen molar-refractivity contribution < 1.29 is 9.18 Å². The number of hydrogen-bond acceptors (Lipinski definition) is 5. The van der Waals surface area contributed by atoms with Crippen molar-refractivity contribution in [2.45, 2.75) is 32.2 Å². The number of nitrogens with one attached hydrogen (secondary N) is 1. The van der Waals surface area contributed by atoms with E-state index in [9.17, 15) is 9.18 Å². The molecule has 1 amide bonds. The normalized spacial score (nSPS) is 14.0. The molecule has 5 aromatic rings. The Morgan fingerprint density at radius 2 is 1.80 bits per heavy atom. The molecular formula is C32H30BrFN6O. The van der Waals surface area contributed by atoms with Gasteiger partial charge in [0.15, 0.2) is 5.65 Å². The van der Waals surface area contributed by atoms with Gasteiger partial charge in [-0.05, 0) is 70.4 Å². The molecule has 3 N–H and O–H groups in total. The summed E-state index contributed by atoms with van der Waals surface area (Å²) in [6.45, 7) is 3.47. The highest BCUT2D eigenvalue weighted by atomic mass is 79.9. The van der Waals surface area contributed by atoms with Gasteiger partial charge in [-0.15, -0.1) is 0 Å². The summed E-state index contributed by atoms with van der Waals surface area (Å²) in [4.78, 5) is 20.5. The van der Waals surface area contributed by atoms with Crippen LogP contribution in [0.1, 0.15) is 45.8 Å². The van der Waals surface area contributed by atoms with Crippen LogP contribution in [0.25, 0.3) is 16.9 Å². The molecule has 1 saturated heterocycles. The first-order chi connectivity index (χ1) is 19.9. The number of aromatic nitrogens is 3. The zero-order valence-corrected chi connectivity index (χ0v) is 24.2. The van der Waals surface area contributed by atoms with E-state index in [0.29, 0.717) is 52.7 Å². The lowest BCUT2D eigenvalue weighted by Gasteiger charge is -2.32. The zero-order valence-electron chi connectivity index (χ0n) is 22.6. The average Bonchev–Trinajstić information content (AvgIpc) is 3.35. The molecule has 41 heavy (non-hydrogen) atoms. The molecule has 0 atom stereocenters. The summed E-state index contributed by atoms with van der Waals surface area (Å²) in [5.74, 6) is 0.165. The minimum absolute atomic E-state index is 0.169. The Balaban J connectivity index is 1.42. The van der Waals surface area contributed by atoms with Crippen LogP contribution < -0.4 is 11.1 Å². The standard InChI is InChI=1S/C32H30BrFN6O/c1-20-11-12-26(34)27(17-20)37-30-25(32(41)39-15-13-22(14-16-39)21-7-3-2-4-8-21)19-36-31-28(33)29(38-40(30)31)24-10-6-5-9-23(24)18-35/h2-12,17,19,22,37H,13-16,18,35H2,1H3. The molecule has 0 aliphatic carbocycles. The maximum Gasteiger partial charge on any atom is 0.259 e. The first-order valence-corrected chi connectivity index (χ1v) is 14.5. The van der Waals surface area contributed by atoms with Gasteiger partial charge in [0.05, 0.1) is 10.2 Å². The maximum absolute atomic E-state index is 15.0. The fourth-order valence-corrected chi connectivity index (χ4v) is 6.07. The van der Waals surface area contributed by atoms with E-state index in [1.165, 1.54) is 11.6 Å². The van der Waals surface area contributed by atoms with E-state index < -0.39 is 5.82 Å². The van der Waals surface area contributed by atoms with Crippen molar-refractivity contribution in [2.24, 2.45) is 5.73 Å². The van der Waals surface area contributed by atoms with Crippen LogP contribution >= 0.6 is 15.9 Å². The Labute approximate surface area is 246 Å². The van der Waals surface area contributed by atoms with Gasteiger partial charge >= 0.3 is 0 Å². The van der Waals surface area contributed by atoms with Crippen molar-refractivity contribution in [2.75, 3.05) is 18.4 Å². The molecule has 3 heterocycles. The third kappa shape index (κ3) is 5.23. The summed E-state index contributed by atoms with van der Waals surface area (Å²) in [5, 5.41) is 8.07. The Kier molecular flexibility index (Phi) is 7.55. The molecule has 9 heteroatoms. The second kappa shape index (κ2) is 11.4.